The van der Waals surface area contributed by atoms with Crippen LogP contribution >= 0.6 is 0 Å². The molecule has 0 spiro atoms. The maximum atomic E-state index is 13.2. The van der Waals surface area contributed by atoms with Crippen molar-refractivity contribution in [3.05, 3.63) is 24.3 Å². The minimum absolute atomic E-state index is 0.183. The molecule has 1 fully saturated rings. The minimum Gasteiger partial charge on any atom is -0.497 e. The average molecular weight is 364 g/mol. The van der Waals surface area contributed by atoms with Gasteiger partial charge in [0.2, 0.25) is 0 Å². The normalized spacial score (nSPS) is 17.6. The molecule has 0 aliphatic heterocycles. The van der Waals surface area contributed by atoms with Gasteiger partial charge in [-0.15, -0.1) is 0 Å². The number of halogens is 3. The molecule has 0 amide bonds. The lowest BCUT2D eigenvalue weighted by atomic mass is 9.85. The van der Waals surface area contributed by atoms with E-state index >= 15 is 0 Å². The van der Waals surface area contributed by atoms with Crippen LogP contribution in [0.1, 0.15) is 32.1 Å². The van der Waals surface area contributed by atoms with Gasteiger partial charge in [-0.25, -0.2) is 0 Å². The molecule has 1 N–H and O–H groups in total. The fraction of sp³-hybridized carbons (Fsp3) is 0.533. The van der Waals surface area contributed by atoms with Gasteiger partial charge in [0.1, 0.15) is 11.5 Å². The Morgan fingerprint density at radius 2 is 1.75 bits per heavy atom. The van der Waals surface area contributed by atoms with E-state index in [9.17, 15) is 21.6 Å². The van der Waals surface area contributed by atoms with E-state index in [0.717, 1.165) is 6.42 Å². The Labute approximate surface area is 138 Å². The summed E-state index contributed by atoms with van der Waals surface area (Å²) in [7, 11) is -2.75. The lowest BCUT2D eigenvalue weighted by molar-refractivity contribution is -0.0640. The smallest absolute Gasteiger partial charge is 0.431 e. The fourth-order valence-electron chi connectivity index (χ4n) is 2.68. The van der Waals surface area contributed by atoms with Gasteiger partial charge in [-0.3, -0.25) is 0 Å². The van der Waals surface area contributed by atoms with Gasteiger partial charge in [-0.1, -0.05) is 19.3 Å². The third kappa shape index (κ3) is 4.62. The summed E-state index contributed by atoms with van der Waals surface area (Å²) in [5, 5.41) is 3.23. The van der Waals surface area contributed by atoms with Crippen LogP contribution in [0.5, 0.6) is 5.75 Å². The molecule has 0 saturated heterocycles. The third-order valence-electron chi connectivity index (χ3n) is 3.94. The van der Waals surface area contributed by atoms with E-state index in [1.54, 1.807) is 4.83 Å². The molecule has 1 aliphatic carbocycles. The van der Waals surface area contributed by atoms with Gasteiger partial charge >= 0.3 is 6.18 Å². The number of ether oxygens (including phenoxy) is 1. The number of hydrogen-bond donors (Lipinski definition) is 1. The molecule has 0 aromatic heterocycles. The summed E-state index contributed by atoms with van der Waals surface area (Å²) in [6.45, 7) is 0. The molecule has 0 bridgehead atoms. The van der Waals surface area contributed by atoms with Crippen LogP contribution in [0.4, 0.5) is 13.2 Å². The Kier molecular flexibility index (Phi) is 5.74. The molecule has 5 nitrogen and oxygen atoms in total. The third-order valence-corrected chi connectivity index (χ3v) is 5.16. The van der Waals surface area contributed by atoms with Crippen molar-refractivity contribution in [1.29, 1.82) is 0 Å². The summed E-state index contributed by atoms with van der Waals surface area (Å²) in [6.07, 6.45) is -1.68. The van der Waals surface area contributed by atoms with Crippen molar-refractivity contribution >= 4 is 15.7 Å². The van der Waals surface area contributed by atoms with Crippen molar-refractivity contribution in [2.75, 3.05) is 7.11 Å². The highest BCUT2D eigenvalue weighted by Crippen LogP contribution is 2.32. The Bertz CT molecular complexity index is 679. The largest absolute Gasteiger partial charge is 0.497 e. The summed E-state index contributed by atoms with van der Waals surface area (Å²) < 4.78 is 68.7. The number of alkyl halides is 3. The van der Waals surface area contributed by atoms with Gasteiger partial charge in [-0.2, -0.15) is 31.5 Å². The van der Waals surface area contributed by atoms with Gasteiger partial charge in [0.15, 0.2) is 0 Å². The van der Waals surface area contributed by atoms with Crippen molar-refractivity contribution in [2.45, 2.75) is 43.2 Å². The monoisotopic (exact) mass is 364 g/mol. The Hall–Kier alpha value is -1.77. The molecule has 1 saturated carbocycles. The Morgan fingerprint density at radius 3 is 2.25 bits per heavy atom. The van der Waals surface area contributed by atoms with Crippen molar-refractivity contribution in [2.24, 2.45) is 11.0 Å². The second-order valence-corrected chi connectivity index (χ2v) is 7.26. The zero-order chi connectivity index (χ0) is 17.8. The van der Waals surface area contributed by atoms with Crippen LogP contribution in [0.25, 0.3) is 0 Å². The number of hydrazone groups is 1. The lowest BCUT2D eigenvalue weighted by Gasteiger charge is -2.24. The van der Waals surface area contributed by atoms with Crippen LogP contribution in [0, 0.1) is 5.92 Å². The molecular weight excluding hydrogens is 345 g/mol. The predicted molar refractivity (Wildman–Crippen MR) is 83.4 cm³/mol. The van der Waals surface area contributed by atoms with Gasteiger partial charge < -0.3 is 4.74 Å². The van der Waals surface area contributed by atoms with Crippen LogP contribution in [0.15, 0.2) is 34.3 Å². The molecule has 24 heavy (non-hydrogen) atoms. The first-order chi connectivity index (χ1) is 11.2. The molecule has 1 aromatic rings. The number of rotatable bonds is 5. The van der Waals surface area contributed by atoms with Crippen LogP contribution in [-0.4, -0.2) is 27.4 Å². The van der Waals surface area contributed by atoms with Gasteiger partial charge in [0.05, 0.1) is 12.0 Å². The zero-order valence-electron chi connectivity index (χ0n) is 13.1. The second kappa shape index (κ2) is 7.42. The fourth-order valence-corrected chi connectivity index (χ4v) is 3.50. The summed E-state index contributed by atoms with van der Waals surface area (Å²) in [5.41, 5.74) is -1.06. The second-order valence-electron chi connectivity index (χ2n) is 5.60. The molecule has 0 unspecified atom stereocenters. The van der Waals surface area contributed by atoms with Crippen molar-refractivity contribution < 1.29 is 26.3 Å². The average Bonchev–Trinajstić information content (AvgIpc) is 2.54. The molecule has 0 atom stereocenters. The molecule has 0 heterocycles. The van der Waals surface area contributed by atoms with Gasteiger partial charge in [-0.05, 0) is 37.1 Å². The van der Waals surface area contributed by atoms with E-state index < -0.39 is 27.8 Å². The first-order valence-electron chi connectivity index (χ1n) is 7.54. The highest BCUT2D eigenvalue weighted by atomic mass is 32.2. The molecule has 9 heteroatoms. The van der Waals surface area contributed by atoms with E-state index in [4.69, 9.17) is 4.74 Å². The first-order valence-corrected chi connectivity index (χ1v) is 9.03. The topological polar surface area (TPSA) is 67.8 Å². The molecule has 1 aromatic carbocycles. The maximum absolute atomic E-state index is 13.2. The molecule has 2 rings (SSSR count). The van der Waals surface area contributed by atoms with E-state index in [-0.39, 0.29) is 4.90 Å². The van der Waals surface area contributed by atoms with Crippen LogP contribution < -0.4 is 9.57 Å². The number of nitrogens with one attached hydrogen (secondary N) is 1. The van der Waals surface area contributed by atoms with Crippen LogP contribution in [-0.2, 0) is 10.0 Å². The zero-order valence-corrected chi connectivity index (χ0v) is 14.0. The van der Waals surface area contributed by atoms with Gasteiger partial charge in [0, 0.05) is 5.92 Å². The van der Waals surface area contributed by atoms with Crippen LogP contribution in [0.3, 0.4) is 0 Å². The van der Waals surface area contributed by atoms with E-state index in [1.165, 1.54) is 31.4 Å². The van der Waals surface area contributed by atoms with E-state index in [1.807, 2.05) is 0 Å². The van der Waals surface area contributed by atoms with Gasteiger partial charge in [0.25, 0.3) is 10.0 Å². The molecule has 134 valence electrons. The molecule has 1 aliphatic rings. The lowest BCUT2D eigenvalue weighted by Crippen LogP contribution is -2.35. The maximum Gasteiger partial charge on any atom is 0.431 e. The van der Waals surface area contributed by atoms with Crippen molar-refractivity contribution in [3.8, 4) is 5.75 Å². The number of hydrogen-bond acceptors (Lipinski definition) is 4. The number of nitrogens with zero attached hydrogens (tertiary/aromatic N) is 1. The SMILES string of the molecule is COc1ccc(S(=O)(=O)NN=C(C2CCCCC2)C(F)(F)F)cc1. The summed E-state index contributed by atoms with van der Waals surface area (Å²) in [5.74, 6) is -0.326. The number of methoxy groups -OCH3 is 1. The van der Waals surface area contributed by atoms with E-state index in [0.29, 0.717) is 31.4 Å². The first kappa shape index (κ1) is 18.6. The molecular formula is C15H19F3N2O3S. The highest BCUT2D eigenvalue weighted by molar-refractivity contribution is 7.89. The Morgan fingerprint density at radius 1 is 1.17 bits per heavy atom. The molecule has 0 radical (unpaired) electrons. The summed E-state index contributed by atoms with van der Waals surface area (Å²) in [4.78, 5) is 1.53. The number of benzene rings is 1. The Balaban J connectivity index is 2.22. The quantitative estimate of drug-likeness (QED) is 0.643. The van der Waals surface area contributed by atoms with E-state index in [2.05, 4.69) is 5.10 Å². The predicted octanol–water partition coefficient (Wildman–Crippen LogP) is 3.47. The summed E-state index contributed by atoms with van der Waals surface area (Å²) >= 11 is 0. The number of sulfonamides is 1. The minimum atomic E-state index is -4.66. The standard InChI is InChI=1S/C15H19F3N2O3S/c1-23-12-7-9-13(10-8-12)24(21,22)20-19-14(15(16,17)18)11-5-3-2-4-6-11/h7-11,20H,2-6H2,1H3. The van der Waals surface area contributed by atoms with Crippen molar-refractivity contribution in [3.63, 3.8) is 0 Å². The summed E-state index contributed by atoms with van der Waals surface area (Å²) in [6, 6.07) is 5.29. The van der Waals surface area contributed by atoms with Crippen molar-refractivity contribution in [1.82, 2.24) is 4.83 Å². The van der Waals surface area contributed by atoms with Crippen LogP contribution in [0.2, 0.25) is 0 Å². The highest BCUT2D eigenvalue weighted by Gasteiger charge is 2.41.